The predicted molar refractivity (Wildman–Crippen MR) is 80.7 cm³/mol. The van der Waals surface area contributed by atoms with Crippen molar-refractivity contribution in [2.75, 3.05) is 13.7 Å². The number of halogens is 2. The maximum absolute atomic E-state index is 5.85. The number of methoxy groups -OCH3 is 1. The number of hydrogen-bond acceptors (Lipinski definition) is 2. The SMILES string of the molecule is COc1cc(C)c(Br)cc1C(Br)C1CCCCO1. The van der Waals surface area contributed by atoms with Crippen molar-refractivity contribution in [3.8, 4) is 5.75 Å². The Morgan fingerprint density at radius 1 is 1.39 bits per heavy atom. The number of aryl methyl sites for hydroxylation is 1. The maximum Gasteiger partial charge on any atom is 0.123 e. The first kappa shape index (κ1) is 14.4. The summed E-state index contributed by atoms with van der Waals surface area (Å²) in [6.45, 7) is 2.93. The molecule has 0 radical (unpaired) electrons. The predicted octanol–water partition coefficient (Wildman–Crippen LogP) is 4.77. The van der Waals surface area contributed by atoms with Gasteiger partial charge in [-0.15, -0.1) is 0 Å². The van der Waals surface area contributed by atoms with E-state index in [1.165, 1.54) is 18.4 Å². The molecule has 4 heteroatoms. The Kier molecular flexibility index (Phi) is 5.10. The van der Waals surface area contributed by atoms with Crippen molar-refractivity contribution in [3.05, 3.63) is 27.7 Å². The van der Waals surface area contributed by atoms with Crippen molar-refractivity contribution in [3.63, 3.8) is 0 Å². The molecule has 2 atom stereocenters. The van der Waals surface area contributed by atoms with E-state index in [0.29, 0.717) is 0 Å². The van der Waals surface area contributed by atoms with Crippen LogP contribution in [0.3, 0.4) is 0 Å². The van der Waals surface area contributed by atoms with E-state index in [9.17, 15) is 0 Å². The number of rotatable bonds is 3. The third kappa shape index (κ3) is 3.09. The first-order chi connectivity index (χ1) is 8.63. The summed E-state index contributed by atoms with van der Waals surface area (Å²) in [4.78, 5) is 0.185. The minimum absolute atomic E-state index is 0.185. The van der Waals surface area contributed by atoms with Gasteiger partial charge in [-0.1, -0.05) is 31.9 Å². The second-order valence-electron chi connectivity index (χ2n) is 4.65. The van der Waals surface area contributed by atoms with Crippen LogP contribution in [-0.2, 0) is 4.74 Å². The molecule has 0 N–H and O–H groups in total. The lowest BCUT2D eigenvalue weighted by atomic mass is 9.99. The molecule has 0 aliphatic carbocycles. The lowest BCUT2D eigenvalue weighted by Gasteiger charge is -2.28. The highest BCUT2D eigenvalue weighted by molar-refractivity contribution is 9.10. The summed E-state index contributed by atoms with van der Waals surface area (Å²) in [6, 6.07) is 4.20. The van der Waals surface area contributed by atoms with Gasteiger partial charge >= 0.3 is 0 Å². The molecule has 0 spiro atoms. The fraction of sp³-hybridized carbons (Fsp3) is 0.571. The molecule has 2 rings (SSSR count). The minimum atomic E-state index is 0.185. The van der Waals surface area contributed by atoms with Crippen molar-refractivity contribution in [2.24, 2.45) is 0 Å². The summed E-state index contributed by atoms with van der Waals surface area (Å²) in [5.74, 6) is 0.923. The fourth-order valence-electron chi connectivity index (χ4n) is 2.26. The molecule has 1 aromatic rings. The van der Waals surface area contributed by atoms with Gasteiger partial charge in [0.25, 0.3) is 0 Å². The zero-order valence-electron chi connectivity index (χ0n) is 10.7. The Morgan fingerprint density at radius 2 is 2.17 bits per heavy atom. The van der Waals surface area contributed by atoms with Gasteiger partial charge in [0.1, 0.15) is 5.75 Å². The standard InChI is InChI=1S/C14H18Br2O2/c1-9-7-13(17-2)10(8-11(9)15)14(16)12-5-3-4-6-18-12/h7-8,12,14H,3-6H2,1-2H3. The highest BCUT2D eigenvalue weighted by atomic mass is 79.9. The molecular formula is C14H18Br2O2. The molecule has 1 aliphatic heterocycles. The average molecular weight is 378 g/mol. The Labute approximate surface area is 125 Å². The second-order valence-corrected chi connectivity index (χ2v) is 6.49. The molecule has 18 heavy (non-hydrogen) atoms. The van der Waals surface area contributed by atoms with Gasteiger partial charge < -0.3 is 9.47 Å². The molecule has 1 aromatic carbocycles. The van der Waals surface area contributed by atoms with Crippen molar-refractivity contribution >= 4 is 31.9 Å². The van der Waals surface area contributed by atoms with E-state index in [4.69, 9.17) is 9.47 Å². The van der Waals surface area contributed by atoms with Gasteiger partial charge in [0.15, 0.2) is 0 Å². The largest absolute Gasteiger partial charge is 0.496 e. The molecule has 1 fully saturated rings. The maximum atomic E-state index is 5.85. The summed E-state index contributed by atoms with van der Waals surface area (Å²) >= 11 is 7.36. The zero-order valence-corrected chi connectivity index (χ0v) is 13.9. The fourth-order valence-corrected chi connectivity index (χ4v) is 3.40. The first-order valence-corrected chi connectivity index (χ1v) is 7.94. The van der Waals surface area contributed by atoms with Crippen LogP contribution in [0.25, 0.3) is 0 Å². The van der Waals surface area contributed by atoms with Crippen LogP contribution in [0.1, 0.15) is 35.2 Å². The van der Waals surface area contributed by atoms with Gasteiger partial charge in [-0.3, -0.25) is 0 Å². The van der Waals surface area contributed by atoms with E-state index >= 15 is 0 Å². The van der Waals surface area contributed by atoms with Crippen LogP contribution in [0.2, 0.25) is 0 Å². The Hall–Kier alpha value is -0.0600. The van der Waals surface area contributed by atoms with Crippen LogP contribution in [0.4, 0.5) is 0 Å². The van der Waals surface area contributed by atoms with Crippen LogP contribution in [0, 0.1) is 6.92 Å². The molecule has 2 nitrogen and oxygen atoms in total. The van der Waals surface area contributed by atoms with Gasteiger partial charge in [0.2, 0.25) is 0 Å². The van der Waals surface area contributed by atoms with Crippen LogP contribution >= 0.6 is 31.9 Å². The lowest BCUT2D eigenvalue weighted by Crippen LogP contribution is -2.23. The van der Waals surface area contributed by atoms with E-state index in [1.54, 1.807) is 7.11 Å². The zero-order chi connectivity index (χ0) is 13.1. The molecule has 0 amide bonds. The summed E-state index contributed by atoms with van der Waals surface area (Å²) in [7, 11) is 1.72. The molecule has 0 aromatic heterocycles. The Morgan fingerprint density at radius 3 is 2.78 bits per heavy atom. The number of hydrogen-bond donors (Lipinski definition) is 0. The Balaban J connectivity index is 2.27. The highest BCUT2D eigenvalue weighted by Gasteiger charge is 2.26. The van der Waals surface area contributed by atoms with Crippen molar-refractivity contribution in [1.82, 2.24) is 0 Å². The van der Waals surface area contributed by atoms with Crippen molar-refractivity contribution in [1.29, 1.82) is 0 Å². The molecule has 1 saturated heterocycles. The first-order valence-electron chi connectivity index (χ1n) is 6.23. The third-order valence-corrected chi connectivity index (χ3v) is 5.29. The van der Waals surface area contributed by atoms with Crippen LogP contribution in [0.5, 0.6) is 5.75 Å². The average Bonchev–Trinajstić information content (AvgIpc) is 2.41. The monoisotopic (exact) mass is 376 g/mol. The molecule has 0 saturated carbocycles. The summed E-state index contributed by atoms with van der Waals surface area (Å²) in [5, 5.41) is 0. The lowest BCUT2D eigenvalue weighted by molar-refractivity contribution is 0.0157. The summed E-state index contributed by atoms with van der Waals surface area (Å²) in [5.41, 5.74) is 2.33. The van der Waals surface area contributed by atoms with E-state index < -0.39 is 0 Å². The van der Waals surface area contributed by atoms with Crippen LogP contribution in [0.15, 0.2) is 16.6 Å². The normalized spacial score (nSPS) is 21.7. The quantitative estimate of drug-likeness (QED) is 0.706. The summed E-state index contributed by atoms with van der Waals surface area (Å²) in [6.07, 6.45) is 3.75. The van der Waals surface area contributed by atoms with E-state index in [-0.39, 0.29) is 10.9 Å². The summed E-state index contributed by atoms with van der Waals surface area (Å²) < 4.78 is 12.4. The van der Waals surface area contributed by atoms with Crippen molar-refractivity contribution in [2.45, 2.75) is 37.1 Å². The van der Waals surface area contributed by atoms with Gasteiger partial charge in [-0.05, 0) is 43.9 Å². The number of alkyl halides is 1. The van der Waals surface area contributed by atoms with E-state index in [0.717, 1.165) is 28.8 Å². The molecule has 100 valence electrons. The third-order valence-electron chi connectivity index (χ3n) is 3.35. The highest BCUT2D eigenvalue weighted by Crippen LogP contribution is 2.40. The molecule has 0 bridgehead atoms. The van der Waals surface area contributed by atoms with Crippen molar-refractivity contribution < 1.29 is 9.47 Å². The van der Waals surface area contributed by atoms with E-state index in [2.05, 4.69) is 50.9 Å². The smallest absolute Gasteiger partial charge is 0.123 e. The van der Waals surface area contributed by atoms with Crippen LogP contribution < -0.4 is 4.74 Å². The molecule has 2 unspecified atom stereocenters. The topological polar surface area (TPSA) is 18.5 Å². The van der Waals surface area contributed by atoms with Gasteiger partial charge in [0, 0.05) is 16.6 Å². The molecule has 1 aliphatic rings. The number of ether oxygens (including phenoxy) is 2. The van der Waals surface area contributed by atoms with Gasteiger partial charge in [-0.2, -0.15) is 0 Å². The number of benzene rings is 1. The van der Waals surface area contributed by atoms with Gasteiger partial charge in [-0.25, -0.2) is 0 Å². The molecule has 1 heterocycles. The van der Waals surface area contributed by atoms with Gasteiger partial charge in [0.05, 0.1) is 18.0 Å². The Bertz CT molecular complexity index is 415. The van der Waals surface area contributed by atoms with Crippen LogP contribution in [-0.4, -0.2) is 19.8 Å². The molecular weight excluding hydrogens is 360 g/mol. The second kappa shape index (κ2) is 6.40. The minimum Gasteiger partial charge on any atom is -0.496 e. The van der Waals surface area contributed by atoms with E-state index in [1.807, 2.05) is 0 Å².